The Morgan fingerprint density at radius 3 is 2.35 bits per heavy atom. The maximum absolute atomic E-state index is 13.0. The first-order valence-corrected chi connectivity index (χ1v) is 7.30. The smallest absolute Gasteiger partial charge is 0.217 e. The Labute approximate surface area is 119 Å². The van der Waals surface area contributed by atoms with Crippen molar-refractivity contribution < 1.29 is 9.18 Å². The van der Waals surface area contributed by atoms with Crippen LogP contribution in [0.1, 0.15) is 56.6 Å². The summed E-state index contributed by atoms with van der Waals surface area (Å²) < 4.78 is 13.0. The summed E-state index contributed by atoms with van der Waals surface area (Å²) in [6.45, 7) is 0. The van der Waals surface area contributed by atoms with Crippen LogP contribution in [0.5, 0.6) is 0 Å². The highest BCUT2D eigenvalue weighted by molar-refractivity contribution is 5.74. The zero-order valence-electron chi connectivity index (χ0n) is 11.8. The minimum absolute atomic E-state index is 0.0715. The summed E-state index contributed by atoms with van der Waals surface area (Å²) >= 11 is 0. The van der Waals surface area contributed by atoms with Gasteiger partial charge in [0.15, 0.2) is 0 Å². The van der Waals surface area contributed by atoms with E-state index in [1.165, 1.54) is 18.6 Å². The molecule has 0 bridgehead atoms. The molecule has 1 amide bonds. The summed E-state index contributed by atoms with van der Waals surface area (Å²) in [6.07, 6.45) is 6.62. The summed E-state index contributed by atoms with van der Waals surface area (Å²) in [4.78, 5) is 11.4. The van der Waals surface area contributed by atoms with E-state index in [9.17, 15) is 9.18 Å². The van der Waals surface area contributed by atoms with Crippen LogP contribution in [0.4, 0.5) is 4.39 Å². The maximum atomic E-state index is 13.0. The number of rotatable bonds is 5. The Balaban J connectivity index is 2.10. The van der Waals surface area contributed by atoms with Crippen LogP contribution >= 0.6 is 0 Å². The third-order valence-corrected chi connectivity index (χ3v) is 4.41. The molecule has 2 rings (SSSR count). The number of carbonyl (C=O) groups is 1. The van der Waals surface area contributed by atoms with Crippen molar-refractivity contribution in [2.45, 2.75) is 51.0 Å². The van der Waals surface area contributed by atoms with Crippen LogP contribution in [-0.4, -0.2) is 5.91 Å². The Hall–Kier alpha value is -1.42. The fourth-order valence-corrected chi connectivity index (χ4v) is 3.42. The highest BCUT2D eigenvalue weighted by Crippen LogP contribution is 2.45. The SMILES string of the molecule is NC(=O)CC1(CC(N)c2ccc(F)cc2)CCCCC1. The molecule has 0 saturated heterocycles. The average Bonchev–Trinajstić information content (AvgIpc) is 2.39. The first-order valence-electron chi connectivity index (χ1n) is 7.30. The van der Waals surface area contributed by atoms with Gasteiger partial charge in [-0.15, -0.1) is 0 Å². The van der Waals surface area contributed by atoms with Gasteiger partial charge in [0.25, 0.3) is 0 Å². The van der Waals surface area contributed by atoms with Crippen molar-refractivity contribution in [3.8, 4) is 0 Å². The Bertz CT molecular complexity index is 452. The highest BCUT2D eigenvalue weighted by Gasteiger charge is 2.35. The van der Waals surface area contributed by atoms with E-state index in [0.717, 1.165) is 37.7 Å². The molecular formula is C16H23FN2O. The van der Waals surface area contributed by atoms with Crippen LogP contribution < -0.4 is 11.5 Å². The number of hydrogen-bond acceptors (Lipinski definition) is 2. The molecule has 1 aliphatic carbocycles. The lowest BCUT2D eigenvalue weighted by atomic mass is 9.67. The lowest BCUT2D eigenvalue weighted by Gasteiger charge is -2.38. The van der Waals surface area contributed by atoms with Gasteiger partial charge < -0.3 is 11.5 Å². The van der Waals surface area contributed by atoms with Crippen molar-refractivity contribution in [2.24, 2.45) is 16.9 Å². The third-order valence-electron chi connectivity index (χ3n) is 4.41. The van der Waals surface area contributed by atoms with Gasteiger partial charge in [0.2, 0.25) is 5.91 Å². The second-order valence-electron chi connectivity index (χ2n) is 6.07. The number of carbonyl (C=O) groups excluding carboxylic acids is 1. The van der Waals surface area contributed by atoms with Crippen LogP contribution in [0.3, 0.4) is 0 Å². The molecule has 1 aliphatic rings. The van der Waals surface area contributed by atoms with Crippen LogP contribution in [-0.2, 0) is 4.79 Å². The number of primary amides is 1. The summed E-state index contributed by atoms with van der Waals surface area (Å²) in [5.41, 5.74) is 12.5. The number of benzene rings is 1. The van der Waals surface area contributed by atoms with Crippen LogP contribution in [0.15, 0.2) is 24.3 Å². The molecule has 1 unspecified atom stereocenters. The highest BCUT2D eigenvalue weighted by atomic mass is 19.1. The summed E-state index contributed by atoms with van der Waals surface area (Å²) in [6, 6.07) is 6.13. The van der Waals surface area contributed by atoms with Gasteiger partial charge in [0, 0.05) is 12.5 Å². The van der Waals surface area contributed by atoms with Gasteiger partial charge in [0.05, 0.1) is 0 Å². The molecule has 110 valence electrons. The fraction of sp³-hybridized carbons (Fsp3) is 0.562. The van der Waals surface area contributed by atoms with Gasteiger partial charge in [-0.3, -0.25) is 4.79 Å². The number of nitrogens with two attached hydrogens (primary N) is 2. The van der Waals surface area contributed by atoms with E-state index >= 15 is 0 Å². The average molecular weight is 278 g/mol. The molecule has 4 N–H and O–H groups in total. The van der Waals surface area contributed by atoms with Gasteiger partial charge in [-0.2, -0.15) is 0 Å². The first kappa shape index (κ1) is 15.0. The van der Waals surface area contributed by atoms with Gasteiger partial charge in [-0.1, -0.05) is 31.4 Å². The zero-order valence-corrected chi connectivity index (χ0v) is 11.8. The number of hydrogen-bond donors (Lipinski definition) is 2. The molecule has 0 aromatic heterocycles. The minimum Gasteiger partial charge on any atom is -0.370 e. The zero-order chi connectivity index (χ0) is 14.6. The van der Waals surface area contributed by atoms with Crippen LogP contribution in [0, 0.1) is 11.2 Å². The molecule has 4 heteroatoms. The topological polar surface area (TPSA) is 69.1 Å². The van der Waals surface area contributed by atoms with Crippen LogP contribution in [0.25, 0.3) is 0 Å². The van der Waals surface area contributed by atoms with Crippen molar-refractivity contribution in [1.82, 2.24) is 0 Å². The van der Waals surface area contributed by atoms with E-state index in [2.05, 4.69) is 0 Å². The van der Waals surface area contributed by atoms with Gasteiger partial charge in [-0.25, -0.2) is 4.39 Å². The molecule has 1 saturated carbocycles. The Morgan fingerprint density at radius 1 is 1.20 bits per heavy atom. The molecular weight excluding hydrogens is 255 g/mol. The van der Waals surface area contributed by atoms with Gasteiger partial charge in [0.1, 0.15) is 5.82 Å². The van der Waals surface area contributed by atoms with Crippen LogP contribution in [0.2, 0.25) is 0 Å². The monoisotopic (exact) mass is 278 g/mol. The van der Waals surface area contributed by atoms with Crippen molar-refractivity contribution in [1.29, 1.82) is 0 Å². The van der Waals surface area contributed by atoms with E-state index in [1.807, 2.05) is 0 Å². The van der Waals surface area contributed by atoms with E-state index in [0.29, 0.717) is 6.42 Å². The first-order chi connectivity index (χ1) is 9.51. The maximum Gasteiger partial charge on any atom is 0.217 e. The molecule has 1 atom stereocenters. The van der Waals surface area contributed by atoms with E-state index in [-0.39, 0.29) is 23.2 Å². The lowest BCUT2D eigenvalue weighted by Crippen LogP contribution is -2.33. The largest absolute Gasteiger partial charge is 0.370 e. The molecule has 0 spiro atoms. The lowest BCUT2D eigenvalue weighted by molar-refractivity contribution is -0.121. The minimum atomic E-state index is -0.259. The second kappa shape index (κ2) is 6.35. The quantitative estimate of drug-likeness (QED) is 0.869. The molecule has 0 radical (unpaired) electrons. The molecule has 1 fully saturated rings. The number of halogens is 1. The Kier molecular flexibility index (Phi) is 4.76. The predicted molar refractivity (Wildman–Crippen MR) is 77.3 cm³/mol. The number of amides is 1. The van der Waals surface area contributed by atoms with E-state index in [1.54, 1.807) is 12.1 Å². The molecule has 3 nitrogen and oxygen atoms in total. The molecule has 1 aromatic carbocycles. The van der Waals surface area contributed by atoms with Crippen molar-refractivity contribution in [3.05, 3.63) is 35.6 Å². The normalized spacial score (nSPS) is 19.5. The van der Waals surface area contributed by atoms with Gasteiger partial charge >= 0.3 is 0 Å². The van der Waals surface area contributed by atoms with E-state index < -0.39 is 0 Å². The Morgan fingerprint density at radius 2 is 1.80 bits per heavy atom. The molecule has 1 aromatic rings. The third kappa shape index (κ3) is 3.79. The molecule has 0 heterocycles. The summed E-state index contributed by atoms with van der Waals surface area (Å²) in [5, 5.41) is 0. The fourth-order valence-electron chi connectivity index (χ4n) is 3.42. The predicted octanol–water partition coefficient (Wildman–Crippen LogP) is 3.04. The van der Waals surface area contributed by atoms with Crippen molar-refractivity contribution in [3.63, 3.8) is 0 Å². The van der Waals surface area contributed by atoms with Gasteiger partial charge in [-0.05, 0) is 42.4 Å². The molecule has 20 heavy (non-hydrogen) atoms. The van der Waals surface area contributed by atoms with Crippen molar-refractivity contribution >= 4 is 5.91 Å². The standard InChI is InChI=1S/C16H23FN2O/c17-13-6-4-12(5-7-13)14(18)10-16(11-15(19)20)8-2-1-3-9-16/h4-7,14H,1-3,8-11,18H2,(H2,19,20). The van der Waals surface area contributed by atoms with Crippen molar-refractivity contribution in [2.75, 3.05) is 0 Å². The summed E-state index contributed by atoms with van der Waals surface area (Å²) in [7, 11) is 0. The second-order valence-corrected chi connectivity index (χ2v) is 6.07. The van der Waals surface area contributed by atoms with E-state index in [4.69, 9.17) is 11.5 Å². The summed E-state index contributed by atoms with van der Waals surface area (Å²) in [5.74, 6) is -0.510. The molecule has 0 aliphatic heterocycles.